The van der Waals surface area contributed by atoms with Gasteiger partial charge in [-0.2, -0.15) is 0 Å². The van der Waals surface area contributed by atoms with Crippen LogP contribution < -0.4 is 0 Å². The van der Waals surface area contributed by atoms with Gasteiger partial charge in [-0.1, -0.05) is 168 Å². The molecule has 0 saturated heterocycles. The van der Waals surface area contributed by atoms with Crippen molar-refractivity contribution in [2.45, 2.75) is 194 Å². The maximum atomic E-state index is 12.6. The fourth-order valence-corrected chi connectivity index (χ4v) is 5.35. The molecule has 4 nitrogen and oxygen atoms in total. The lowest BCUT2D eigenvalue weighted by atomic mass is 10.0. The second-order valence-electron chi connectivity index (χ2n) is 11.6. The highest BCUT2D eigenvalue weighted by molar-refractivity contribution is 5.95. The Kier molecular flexibility index (Phi) is 29.9. The van der Waals surface area contributed by atoms with Crippen LogP contribution in [-0.4, -0.2) is 35.0 Å². The summed E-state index contributed by atoms with van der Waals surface area (Å²) < 4.78 is 0. The molecule has 0 aliphatic carbocycles. The van der Waals surface area contributed by atoms with Crippen molar-refractivity contribution >= 4 is 11.8 Å². The summed E-state index contributed by atoms with van der Waals surface area (Å²) in [5, 5.41) is 9.36. The molecule has 0 bridgehead atoms. The third-order valence-electron chi connectivity index (χ3n) is 7.91. The Balaban J connectivity index is 3.69. The highest BCUT2D eigenvalue weighted by atomic mass is 16.3. The predicted molar refractivity (Wildman–Crippen MR) is 164 cm³/mol. The largest absolute Gasteiger partial charge is 0.395 e. The van der Waals surface area contributed by atoms with Gasteiger partial charge in [0.15, 0.2) is 0 Å². The first-order valence-electron chi connectivity index (χ1n) is 17.1. The first-order valence-corrected chi connectivity index (χ1v) is 17.1. The highest BCUT2D eigenvalue weighted by Crippen LogP contribution is 2.15. The molecule has 226 valence electrons. The Morgan fingerprint density at radius 2 is 0.658 bits per heavy atom. The zero-order valence-corrected chi connectivity index (χ0v) is 25.9. The van der Waals surface area contributed by atoms with Crippen molar-refractivity contribution in [3.05, 3.63) is 0 Å². The van der Waals surface area contributed by atoms with E-state index in [0.29, 0.717) is 12.8 Å². The molecule has 0 aliphatic heterocycles. The molecular formula is C34H67NO3. The molecule has 38 heavy (non-hydrogen) atoms. The molecule has 4 heteroatoms. The van der Waals surface area contributed by atoms with E-state index in [1.165, 1.54) is 146 Å². The number of hydrogen-bond donors (Lipinski definition) is 1. The lowest BCUT2D eigenvalue weighted by Crippen LogP contribution is -2.38. The van der Waals surface area contributed by atoms with Crippen molar-refractivity contribution < 1.29 is 14.7 Å². The Labute approximate surface area is 238 Å². The Morgan fingerprint density at radius 1 is 0.421 bits per heavy atom. The highest BCUT2D eigenvalue weighted by Gasteiger charge is 2.19. The van der Waals surface area contributed by atoms with Gasteiger partial charge in [0, 0.05) is 12.8 Å². The van der Waals surface area contributed by atoms with Crippen LogP contribution >= 0.6 is 0 Å². The number of nitrogens with zero attached hydrogens (tertiary/aromatic N) is 1. The number of aliphatic hydroxyl groups excluding tert-OH is 1. The molecule has 0 aromatic carbocycles. The minimum atomic E-state index is -0.144. The lowest BCUT2D eigenvalue weighted by molar-refractivity contribution is -0.145. The molecule has 0 aromatic heterocycles. The van der Waals surface area contributed by atoms with Gasteiger partial charge in [0.25, 0.3) is 0 Å². The number of unbranched alkanes of at least 4 members (excludes halogenated alkanes) is 24. The van der Waals surface area contributed by atoms with E-state index in [1.54, 1.807) is 0 Å². The predicted octanol–water partition coefficient (Wildman–Crippen LogP) is 10.3. The number of rotatable bonds is 30. The number of carbonyl (C=O) groups is 2. The summed E-state index contributed by atoms with van der Waals surface area (Å²) in [6, 6.07) is 0. The van der Waals surface area contributed by atoms with E-state index >= 15 is 0 Å². The van der Waals surface area contributed by atoms with Crippen molar-refractivity contribution in [1.82, 2.24) is 4.90 Å². The summed E-state index contributed by atoms with van der Waals surface area (Å²) in [6.07, 6.45) is 34.1. The first-order chi connectivity index (χ1) is 18.7. The van der Waals surface area contributed by atoms with Gasteiger partial charge >= 0.3 is 0 Å². The molecule has 0 unspecified atom stereocenters. The molecule has 1 N–H and O–H groups in total. The summed E-state index contributed by atoms with van der Waals surface area (Å²) in [4.78, 5) is 26.5. The van der Waals surface area contributed by atoms with Gasteiger partial charge in [-0.3, -0.25) is 14.5 Å². The average Bonchev–Trinajstić information content (AvgIpc) is 2.92. The average molecular weight is 538 g/mol. The van der Waals surface area contributed by atoms with Gasteiger partial charge in [0.2, 0.25) is 11.8 Å². The van der Waals surface area contributed by atoms with Crippen LogP contribution in [0.5, 0.6) is 0 Å². The zero-order chi connectivity index (χ0) is 27.9. The number of aliphatic hydroxyl groups is 1. The lowest BCUT2D eigenvalue weighted by Gasteiger charge is -2.20. The van der Waals surface area contributed by atoms with Crippen LogP contribution in [0.1, 0.15) is 194 Å². The van der Waals surface area contributed by atoms with E-state index in [1.807, 2.05) is 0 Å². The molecule has 0 rings (SSSR count). The third-order valence-corrected chi connectivity index (χ3v) is 7.91. The van der Waals surface area contributed by atoms with E-state index in [9.17, 15) is 14.7 Å². The van der Waals surface area contributed by atoms with Crippen LogP contribution in [0.4, 0.5) is 0 Å². The maximum Gasteiger partial charge on any atom is 0.229 e. The van der Waals surface area contributed by atoms with E-state index in [4.69, 9.17) is 0 Å². The van der Waals surface area contributed by atoms with Gasteiger partial charge in [-0.15, -0.1) is 0 Å². The quantitative estimate of drug-likeness (QED) is 0.0927. The van der Waals surface area contributed by atoms with Crippen molar-refractivity contribution in [1.29, 1.82) is 0 Å². The summed E-state index contributed by atoms with van der Waals surface area (Å²) in [6.45, 7) is 4.54. The SMILES string of the molecule is CCCCCCCCCCCCCCCC(=O)N(CCO)C(=O)CCCCCCCCCCCCCCC. The van der Waals surface area contributed by atoms with Crippen molar-refractivity contribution in [2.75, 3.05) is 13.2 Å². The molecular weight excluding hydrogens is 470 g/mol. The van der Waals surface area contributed by atoms with Gasteiger partial charge in [0.1, 0.15) is 0 Å². The van der Waals surface area contributed by atoms with E-state index in [-0.39, 0.29) is 25.0 Å². The van der Waals surface area contributed by atoms with Crippen molar-refractivity contribution in [3.63, 3.8) is 0 Å². The van der Waals surface area contributed by atoms with Gasteiger partial charge in [-0.25, -0.2) is 0 Å². The Hall–Kier alpha value is -0.900. The molecule has 0 aromatic rings. The van der Waals surface area contributed by atoms with Gasteiger partial charge < -0.3 is 5.11 Å². The number of carbonyl (C=O) groups excluding carboxylic acids is 2. The van der Waals surface area contributed by atoms with Crippen molar-refractivity contribution in [3.8, 4) is 0 Å². The first kappa shape index (κ1) is 37.1. The molecule has 0 radical (unpaired) electrons. The minimum absolute atomic E-state index is 0.0955. The second kappa shape index (κ2) is 30.6. The summed E-state index contributed by atoms with van der Waals surface area (Å²) in [5.41, 5.74) is 0. The smallest absolute Gasteiger partial charge is 0.229 e. The maximum absolute atomic E-state index is 12.6. The van der Waals surface area contributed by atoms with Crippen LogP contribution in [-0.2, 0) is 9.59 Å². The fourth-order valence-electron chi connectivity index (χ4n) is 5.35. The van der Waals surface area contributed by atoms with Gasteiger partial charge in [0.05, 0.1) is 13.2 Å². The minimum Gasteiger partial charge on any atom is -0.395 e. The summed E-state index contributed by atoms with van der Waals surface area (Å²) in [5.74, 6) is -0.191. The van der Waals surface area contributed by atoms with E-state index in [0.717, 1.165) is 25.7 Å². The Bertz CT molecular complexity index is 466. The normalized spacial score (nSPS) is 11.2. The number of hydrogen-bond acceptors (Lipinski definition) is 3. The zero-order valence-electron chi connectivity index (χ0n) is 25.9. The van der Waals surface area contributed by atoms with Crippen LogP contribution in [0.25, 0.3) is 0 Å². The standard InChI is InChI=1S/C34H67NO3/c1-3-5-7-9-11-13-15-17-19-21-23-25-27-29-33(37)35(31-32-36)34(38)30-28-26-24-22-20-18-16-14-12-10-8-6-4-2/h36H,3-32H2,1-2H3. The number of imide groups is 1. The fraction of sp³-hybridized carbons (Fsp3) is 0.941. The van der Waals surface area contributed by atoms with Gasteiger partial charge in [-0.05, 0) is 12.8 Å². The monoisotopic (exact) mass is 538 g/mol. The van der Waals surface area contributed by atoms with Crippen LogP contribution in [0.3, 0.4) is 0 Å². The molecule has 0 fully saturated rings. The third kappa shape index (κ3) is 25.4. The van der Waals surface area contributed by atoms with Crippen LogP contribution in [0.15, 0.2) is 0 Å². The Morgan fingerprint density at radius 3 is 0.895 bits per heavy atom. The van der Waals surface area contributed by atoms with E-state index < -0.39 is 0 Å². The molecule has 0 saturated carbocycles. The van der Waals surface area contributed by atoms with Crippen LogP contribution in [0, 0.1) is 0 Å². The molecule has 0 aliphatic rings. The molecule has 0 heterocycles. The summed E-state index contributed by atoms with van der Waals surface area (Å²) in [7, 11) is 0. The topological polar surface area (TPSA) is 57.6 Å². The molecule has 2 amide bonds. The number of amides is 2. The molecule has 0 atom stereocenters. The second-order valence-corrected chi connectivity index (χ2v) is 11.6. The van der Waals surface area contributed by atoms with Crippen molar-refractivity contribution in [2.24, 2.45) is 0 Å². The van der Waals surface area contributed by atoms with E-state index in [2.05, 4.69) is 13.8 Å². The summed E-state index contributed by atoms with van der Waals surface area (Å²) >= 11 is 0. The molecule has 0 spiro atoms. The van der Waals surface area contributed by atoms with Crippen LogP contribution in [0.2, 0.25) is 0 Å².